The van der Waals surface area contributed by atoms with Crippen molar-refractivity contribution >= 4 is 11.9 Å². The summed E-state index contributed by atoms with van der Waals surface area (Å²) in [4.78, 5) is 25.3. The van der Waals surface area contributed by atoms with Crippen molar-refractivity contribution in [2.75, 3.05) is 19.8 Å². The predicted molar refractivity (Wildman–Crippen MR) is 269 cm³/mol. The minimum atomic E-state index is -0.612. The van der Waals surface area contributed by atoms with Crippen molar-refractivity contribution in [3.8, 4) is 0 Å². The average molecular weight is 853 g/mol. The summed E-state index contributed by atoms with van der Waals surface area (Å²) in [6.07, 6.45) is 74.5. The van der Waals surface area contributed by atoms with Gasteiger partial charge in [-0.25, -0.2) is 0 Å². The largest absolute Gasteiger partial charge is 0.461 e. The van der Waals surface area contributed by atoms with Crippen LogP contribution in [-0.4, -0.2) is 37.9 Å². The number of rotatable bonds is 42. The van der Waals surface area contributed by atoms with E-state index < -0.39 is 6.10 Å². The van der Waals surface area contributed by atoms with Crippen LogP contribution in [0.5, 0.6) is 0 Å². The molecule has 0 N–H and O–H groups in total. The molecular weight excluding hydrogens is 765 g/mol. The molecule has 0 fully saturated rings. The second kappa shape index (κ2) is 51.1. The summed E-state index contributed by atoms with van der Waals surface area (Å²) >= 11 is 0. The molecule has 1 atom stereocenters. The van der Waals surface area contributed by atoms with Gasteiger partial charge in [-0.15, -0.1) is 0 Å². The lowest BCUT2D eigenvalue weighted by Gasteiger charge is -2.18. The van der Waals surface area contributed by atoms with Gasteiger partial charge in [0.15, 0.2) is 6.10 Å². The number of hydrogen-bond acceptors (Lipinski definition) is 5. The lowest BCUT2D eigenvalue weighted by molar-refractivity contribution is -0.162. The molecule has 0 aliphatic heterocycles. The van der Waals surface area contributed by atoms with E-state index in [-0.39, 0.29) is 31.6 Å². The molecule has 1 unspecified atom stereocenters. The van der Waals surface area contributed by atoms with Crippen molar-refractivity contribution < 1.29 is 23.8 Å². The molecule has 0 aromatic carbocycles. The Bertz CT molecular complexity index is 1380. The highest BCUT2D eigenvalue weighted by Gasteiger charge is 2.17. The Labute approximate surface area is 381 Å². The number of esters is 2. The zero-order chi connectivity index (χ0) is 44.9. The number of hydrogen-bond donors (Lipinski definition) is 0. The third-order valence-corrected chi connectivity index (χ3v) is 9.38. The maximum Gasteiger partial charge on any atom is 0.309 e. The first-order valence-corrected chi connectivity index (χ1v) is 24.4. The highest BCUT2D eigenvalue weighted by atomic mass is 16.6. The maximum atomic E-state index is 12.8. The SMILES string of the molecule is CC/C=C\C/C=C\C/C=C\C/C=C\C/C=C\CC(=O)OCC(COCCCCC/C=C\C/C=C\C/C=C\C/C=C\CC)OC(=O)CCCCCCC/C=C\C/C=C\C/C=C\CC. The molecule has 0 amide bonds. The number of ether oxygens (including phenoxy) is 3. The minimum Gasteiger partial charge on any atom is -0.461 e. The Morgan fingerprint density at radius 3 is 1.16 bits per heavy atom. The van der Waals surface area contributed by atoms with Gasteiger partial charge in [-0.2, -0.15) is 0 Å². The summed E-state index contributed by atoms with van der Waals surface area (Å²) in [5.41, 5.74) is 0. The van der Waals surface area contributed by atoms with Crippen molar-refractivity contribution in [1.82, 2.24) is 0 Å². The Kier molecular flexibility index (Phi) is 47.7. The smallest absolute Gasteiger partial charge is 0.309 e. The van der Waals surface area contributed by atoms with E-state index in [1.54, 1.807) is 0 Å². The van der Waals surface area contributed by atoms with Crippen LogP contribution in [0.2, 0.25) is 0 Å². The highest BCUT2D eigenvalue weighted by Crippen LogP contribution is 2.11. The summed E-state index contributed by atoms with van der Waals surface area (Å²) in [6, 6.07) is 0. The lowest BCUT2D eigenvalue weighted by atomic mass is 10.1. The van der Waals surface area contributed by atoms with Crippen LogP contribution >= 0.6 is 0 Å². The van der Waals surface area contributed by atoms with Crippen molar-refractivity contribution in [3.05, 3.63) is 146 Å². The summed E-state index contributed by atoms with van der Waals surface area (Å²) in [5.74, 6) is -0.596. The standard InChI is InChI=1S/C57H88O5/c1-4-7-10-13-16-19-22-25-28-31-34-37-40-43-46-49-52-60-53-55(62-57(59)51-48-45-42-39-36-33-30-27-24-21-18-15-12-9-6-3)54-61-56(58)50-47-44-41-38-35-32-29-26-23-20-17-14-11-8-5-2/h7-12,16-21,25-30,34-35,37-38,44,47,55H,4-6,13-15,22-24,31-33,36,39-43,45-46,48-54H2,1-3H3/b10-7-,11-8-,12-9-,19-16-,20-17-,21-18-,28-25-,29-26-,30-27-,37-34-,38-35-,47-44-. The summed E-state index contributed by atoms with van der Waals surface area (Å²) in [6.45, 7) is 7.25. The third-order valence-electron chi connectivity index (χ3n) is 9.38. The molecule has 0 heterocycles. The Hall–Kier alpha value is -4.22. The van der Waals surface area contributed by atoms with Gasteiger partial charge in [-0.05, 0) is 116 Å². The fourth-order valence-electron chi connectivity index (χ4n) is 5.88. The maximum absolute atomic E-state index is 12.8. The van der Waals surface area contributed by atoms with Crippen LogP contribution in [0.15, 0.2) is 146 Å². The molecule has 0 saturated carbocycles. The van der Waals surface area contributed by atoms with Crippen molar-refractivity contribution in [3.63, 3.8) is 0 Å². The van der Waals surface area contributed by atoms with Crippen LogP contribution in [0, 0.1) is 0 Å². The average Bonchev–Trinajstić information content (AvgIpc) is 3.27. The molecular formula is C57H88O5. The normalized spacial score (nSPS) is 13.5. The zero-order valence-corrected chi connectivity index (χ0v) is 39.6. The molecule has 0 spiro atoms. The van der Waals surface area contributed by atoms with E-state index in [4.69, 9.17) is 14.2 Å². The molecule has 5 heteroatoms. The van der Waals surface area contributed by atoms with E-state index >= 15 is 0 Å². The fraction of sp³-hybridized carbons (Fsp3) is 0.544. The van der Waals surface area contributed by atoms with Gasteiger partial charge in [0.05, 0.1) is 13.0 Å². The van der Waals surface area contributed by atoms with Crippen LogP contribution < -0.4 is 0 Å². The van der Waals surface area contributed by atoms with Crippen LogP contribution in [0.4, 0.5) is 0 Å². The molecule has 0 aromatic heterocycles. The quantitative estimate of drug-likeness (QED) is 0.0348. The number of unbranched alkanes of at least 4 members (excludes halogenated alkanes) is 8. The van der Waals surface area contributed by atoms with Gasteiger partial charge in [0, 0.05) is 13.0 Å². The first-order chi connectivity index (χ1) is 30.6. The van der Waals surface area contributed by atoms with Gasteiger partial charge in [0.1, 0.15) is 6.61 Å². The molecule has 0 bridgehead atoms. The first-order valence-electron chi connectivity index (χ1n) is 24.4. The Morgan fingerprint density at radius 1 is 0.371 bits per heavy atom. The van der Waals surface area contributed by atoms with Crippen LogP contribution in [0.1, 0.15) is 175 Å². The summed E-state index contributed by atoms with van der Waals surface area (Å²) in [5, 5.41) is 0. The van der Waals surface area contributed by atoms with E-state index in [9.17, 15) is 9.59 Å². The van der Waals surface area contributed by atoms with Crippen molar-refractivity contribution in [1.29, 1.82) is 0 Å². The first kappa shape index (κ1) is 57.8. The molecule has 0 rings (SSSR count). The monoisotopic (exact) mass is 853 g/mol. The van der Waals surface area contributed by atoms with Gasteiger partial charge in [0.25, 0.3) is 0 Å². The number of allylic oxidation sites excluding steroid dienone is 23. The number of carbonyl (C=O) groups is 2. The van der Waals surface area contributed by atoms with E-state index in [1.807, 2.05) is 12.2 Å². The minimum absolute atomic E-state index is 0.000323. The fourth-order valence-corrected chi connectivity index (χ4v) is 5.88. The van der Waals surface area contributed by atoms with E-state index in [1.165, 1.54) is 6.42 Å². The summed E-state index contributed by atoms with van der Waals surface area (Å²) in [7, 11) is 0. The third kappa shape index (κ3) is 48.4. The number of carbonyl (C=O) groups excluding carboxylic acids is 2. The molecule has 0 aromatic rings. The second-order valence-electron chi connectivity index (χ2n) is 15.2. The molecule has 0 aliphatic carbocycles. The van der Waals surface area contributed by atoms with Crippen LogP contribution in [-0.2, 0) is 23.8 Å². The van der Waals surface area contributed by atoms with Crippen LogP contribution in [0.3, 0.4) is 0 Å². The Balaban J connectivity index is 4.53. The topological polar surface area (TPSA) is 61.8 Å². The predicted octanol–water partition coefficient (Wildman–Crippen LogP) is 16.6. The summed E-state index contributed by atoms with van der Waals surface area (Å²) < 4.78 is 17.2. The lowest BCUT2D eigenvalue weighted by Crippen LogP contribution is -2.30. The molecule has 346 valence electrons. The molecule has 5 nitrogen and oxygen atoms in total. The highest BCUT2D eigenvalue weighted by molar-refractivity contribution is 5.71. The Morgan fingerprint density at radius 2 is 0.726 bits per heavy atom. The molecule has 0 radical (unpaired) electrons. The molecule has 62 heavy (non-hydrogen) atoms. The van der Waals surface area contributed by atoms with Gasteiger partial charge in [0.2, 0.25) is 0 Å². The second-order valence-corrected chi connectivity index (χ2v) is 15.2. The molecule has 0 saturated heterocycles. The van der Waals surface area contributed by atoms with Gasteiger partial charge in [-0.3, -0.25) is 9.59 Å². The van der Waals surface area contributed by atoms with Gasteiger partial charge < -0.3 is 14.2 Å². The van der Waals surface area contributed by atoms with Gasteiger partial charge in [-0.1, -0.05) is 192 Å². The zero-order valence-electron chi connectivity index (χ0n) is 39.6. The van der Waals surface area contributed by atoms with E-state index in [0.29, 0.717) is 13.0 Å². The van der Waals surface area contributed by atoms with Gasteiger partial charge >= 0.3 is 11.9 Å². The molecule has 0 aliphatic rings. The van der Waals surface area contributed by atoms with Crippen molar-refractivity contribution in [2.45, 2.75) is 181 Å². The van der Waals surface area contributed by atoms with Crippen LogP contribution in [0.25, 0.3) is 0 Å². The van der Waals surface area contributed by atoms with E-state index in [2.05, 4.69) is 154 Å². The van der Waals surface area contributed by atoms with Crippen molar-refractivity contribution in [2.24, 2.45) is 0 Å². The van der Waals surface area contributed by atoms with E-state index in [0.717, 1.165) is 135 Å².